The van der Waals surface area contributed by atoms with Crippen LogP contribution in [0.25, 0.3) is 0 Å². The maximum atomic E-state index is 13.3. The van der Waals surface area contributed by atoms with Crippen LogP contribution in [-0.4, -0.2) is 27.2 Å². The summed E-state index contributed by atoms with van der Waals surface area (Å²) in [7, 11) is -2.52. The van der Waals surface area contributed by atoms with Crippen molar-refractivity contribution in [1.29, 1.82) is 0 Å². The molecule has 0 atom stereocenters. The Kier molecular flexibility index (Phi) is 6.62. The van der Waals surface area contributed by atoms with Gasteiger partial charge in [-0.2, -0.15) is 0 Å². The highest BCUT2D eigenvalue weighted by Crippen LogP contribution is 2.35. The van der Waals surface area contributed by atoms with Crippen LogP contribution in [0.3, 0.4) is 0 Å². The molecule has 142 valence electrons. The number of anilines is 1. The summed E-state index contributed by atoms with van der Waals surface area (Å²) in [5.74, 6) is 0. The van der Waals surface area contributed by atoms with E-state index in [-0.39, 0.29) is 22.7 Å². The Bertz CT molecular complexity index is 915. The Morgan fingerprint density at radius 2 is 1.88 bits per heavy atom. The van der Waals surface area contributed by atoms with Gasteiger partial charge in [0, 0.05) is 18.3 Å². The third-order valence-electron chi connectivity index (χ3n) is 3.64. The van der Waals surface area contributed by atoms with Crippen molar-refractivity contribution in [2.75, 3.05) is 18.1 Å². The van der Waals surface area contributed by atoms with Gasteiger partial charge < -0.3 is 4.74 Å². The van der Waals surface area contributed by atoms with Crippen molar-refractivity contribution < 1.29 is 13.2 Å². The van der Waals surface area contributed by atoms with E-state index in [1.54, 1.807) is 12.1 Å². The second kappa shape index (κ2) is 8.02. The molecular formula is C17H19BrCl2N2O3S. The van der Waals surface area contributed by atoms with Crippen molar-refractivity contribution in [2.24, 2.45) is 0 Å². The van der Waals surface area contributed by atoms with E-state index in [4.69, 9.17) is 27.9 Å². The van der Waals surface area contributed by atoms with E-state index in [0.717, 1.165) is 9.87 Å². The van der Waals surface area contributed by atoms with E-state index in [0.29, 0.717) is 14.6 Å². The van der Waals surface area contributed by atoms with Crippen LogP contribution in [0.2, 0.25) is 10.0 Å². The molecule has 5 nitrogen and oxygen atoms in total. The molecule has 1 heterocycles. The fraction of sp³-hybridized carbons (Fsp3) is 0.353. The van der Waals surface area contributed by atoms with Gasteiger partial charge in [-0.1, -0.05) is 44.0 Å². The molecule has 0 aliphatic rings. The Morgan fingerprint density at radius 1 is 1.23 bits per heavy atom. The van der Waals surface area contributed by atoms with Gasteiger partial charge in [-0.15, -0.1) is 0 Å². The van der Waals surface area contributed by atoms with Crippen molar-refractivity contribution >= 4 is 54.8 Å². The Morgan fingerprint density at radius 3 is 2.46 bits per heavy atom. The number of hydrogen-bond acceptors (Lipinski definition) is 4. The molecule has 2 rings (SSSR count). The van der Waals surface area contributed by atoms with E-state index in [9.17, 15) is 8.42 Å². The number of ether oxygens (including phenoxy) is 1. The van der Waals surface area contributed by atoms with E-state index >= 15 is 0 Å². The molecule has 26 heavy (non-hydrogen) atoms. The molecule has 0 bridgehead atoms. The van der Waals surface area contributed by atoms with Crippen molar-refractivity contribution in [3.8, 4) is 0 Å². The Hall–Kier alpha value is -0.860. The van der Waals surface area contributed by atoms with Crippen LogP contribution in [0.4, 0.5) is 5.69 Å². The van der Waals surface area contributed by atoms with Crippen LogP contribution in [0, 0.1) is 0 Å². The average molecular weight is 482 g/mol. The molecule has 0 spiro atoms. The van der Waals surface area contributed by atoms with Gasteiger partial charge in [-0.3, -0.25) is 0 Å². The quantitative estimate of drug-likeness (QED) is 0.432. The number of benzene rings is 1. The zero-order valence-electron chi connectivity index (χ0n) is 14.8. The van der Waals surface area contributed by atoms with Gasteiger partial charge in [0.2, 0.25) is 0 Å². The summed E-state index contributed by atoms with van der Waals surface area (Å²) in [4.78, 5) is 4.17. The lowest BCUT2D eigenvalue weighted by Gasteiger charge is -2.26. The smallest absolute Gasteiger partial charge is 0.266 e. The number of hydrogen-bond donors (Lipinski definition) is 0. The lowest BCUT2D eigenvalue weighted by atomic mass is 9.87. The Balaban J connectivity index is 2.64. The van der Waals surface area contributed by atoms with Crippen LogP contribution in [0.5, 0.6) is 0 Å². The molecule has 0 fully saturated rings. The summed E-state index contributed by atoms with van der Waals surface area (Å²) in [6, 6.07) is 6.16. The largest absolute Gasteiger partial charge is 0.363 e. The van der Waals surface area contributed by atoms with Crippen molar-refractivity contribution in [1.82, 2.24) is 4.98 Å². The third kappa shape index (κ3) is 4.51. The first kappa shape index (κ1) is 21.4. The third-order valence-corrected chi connectivity index (χ3v) is 6.52. The van der Waals surface area contributed by atoms with Gasteiger partial charge in [0.1, 0.15) is 11.3 Å². The second-order valence-corrected chi connectivity index (χ2v) is 10.1. The van der Waals surface area contributed by atoms with Gasteiger partial charge in [-0.25, -0.2) is 17.7 Å². The van der Waals surface area contributed by atoms with Gasteiger partial charge in [-0.05, 0) is 51.2 Å². The number of sulfonamides is 1. The molecule has 0 saturated carbocycles. The van der Waals surface area contributed by atoms with Gasteiger partial charge >= 0.3 is 0 Å². The summed E-state index contributed by atoms with van der Waals surface area (Å²) < 4.78 is 33.1. The van der Waals surface area contributed by atoms with Crippen molar-refractivity contribution in [3.63, 3.8) is 0 Å². The minimum absolute atomic E-state index is 0.107. The number of halogens is 3. The zero-order valence-corrected chi connectivity index (χ0v) is 18.7. The molecular weight excluding hydrogens is 463 g/mol. The molecule has 0 unspecified atom stereocenters. The lowest BCUT2D eigenvalue weighted by molar-refractivity contribution is 0.209. The predicted octanol–water partition coefficient (Wildman–Crippen LogP) is 5.25. The van der Waals surface area contributed by atoms with Gasteiger partial charge in [0.15, 0.2) is 0 Å². The van der Waals surface area contributed by atoms with Gasteiger partial charge in [0.25, 0.3) is 10.0 Å². The summed E-state index contributed by atoms with van der Waals surface area (Å²) in [5, 5.41) is 0.825. The minimum Gasteiger partial charge on any atom is -0.363 e. The molecule has 0 saturated heterocycles. The first-order valence-electron chi connectivity index (χ1n) is 7.61. The molecule has 9 heteroatoms. The van der Waals surface area contributed by atoms with Crippen molar-refractivity contribution in [2.45, 2.75) is 31.1 Å². The zero-order chi connectivity index (χ0) is 19.7. The highest BCUT2D eigenvalue weighted by Gasteiger charge is 2.29. The first-order chi connectivity index (χ1) is 12.0. The van der Waals surface area contributed by atoms with Crippen LogP contribution < -0.4 is 4.31 Å². The second-order valence-electron chi connectivity index (χ2n) is 6.63. The number of rotatable bonds is 5. The molecule has 1 aromatic heterocycles. The van der Waals surface area contributed by atoms with E-state index in [2.05, 4.69) is 20.9 Å². The number of methoxy groups -OCH3 is 1. The molecule has 0 radical (unpaired) electrons. The van der Waals surface area contributed by atoms with Crippen LogP contribution in [0.1, 0.15) is 26.3 Å². The minimum atomic E-state index is -3.93. The molecule has 0 amide bonds. The highest BCUT2D eigenvalue weighted by molar-refractivity contribution is 9.10. The number of nitrogens with zero attached hydrogens (tertiary/aromatic N) is 2. The average Bonchev–Trinajstić information content (AvgIpc) is 2.54. The fourth-order valence-electron chi connectivity index (χ4n) is 2.34. The maximum Gasteiger partial charge on any atom is 0.266 e. The monoisotopic (exact) mass is 480 g/mol. The normalized spacial score (nSPS) is 12.3. The Labute approximate surface area is 172 Å². The van der Waals surface area contributed by atoms with E-state index < -0.39 is 10.0 Å². The van der Waals surface area contributed by atoms with E-state index in [1.165, 1.54) is 25.4 Å². The molecule has 2 aromatic rings. The maximum absolute atomic E-state index is 13.3. The number of aromatic nitrogens is 1. The molecule has 0 aliphatic heterocycles. The highest BCUT2D eigenvalue weighted by atomic mass is 79.9. The topological polar surface area (TPSA) is 59.5 Å². The van der Waals surface area contributed by atoms with Crippen LogP contribution in [0.15, 0.2) is 40.0 Å². The lowest BCUT2D eigenvalue weighted by Crippen LogP contribution is -2.33. The first-order valence-corrected chi connectivity index (χ1v) is 10.6. The number of pyridine rings is 1. The van der Waals surface area contributed by atoms with Crippen LogP contribution in [-0.2, 0) is 20.2 Å². The summed E-state index contributed by atoms with van der Waals surface area (Å²) in [6.45, 7) is 5.70. The van der Waals surface area contributed by atoms with Crippen LogP contribution >= 0.6 is 39.1 Å². The fourth-order valence-corrected chi connectivity index (χ4v) is 4.84. The predicted molar refractivity (Wildman–Crippen MR) is 109 cm³/mol. The molecule has 1 aromatic carbocycles. The van der Waals surface area contributed by atoms with Gasteiger partial charge in [0.05, 0.1) is 15.6 Å². The van der Waals surface area contributed by atoms with E-state index in [1.807, 2.05) is 20.8 Å². The summed E-state index contributed by atoms with van der Waals surface area (Å²) >= 11 is 15.5. The summed E-state index contributed by atoms with van der Waals surface area (Å²) in [6.07, 6.45) is 1.42. The molecule has 0 N–H and O–H groups in total. The standard InChI is InChI=1S/C17H19BrCl2N2O3S/c1-17(2,3)13-8-12(5-6-14(13)20)26(23,24)22(10-25-4)15-7-11(19)9-21-16(15)18/h5-9H,10H2,1-4H3. The summed E-state index contributed by atoms with van der Waals surface area (Å²) in [5.41, 5.74) is 0.708. The SMILES string of the molecule is COCN(c1cc(Cl)cnc1Br)S(=O)(=O)c1ccc(Cl)c(C(C)(C)C)c1. The molecule has 0 aliphatic carbocycles. The van der Waals surface area contributed by atoms with Crippen molar-refractivity contribution in [3.05, 3.63) is 50.7 Å².